The van der Waals surface area contributed by atoms with Gasteiger partial charge >= 0.3 is 0 Å². The zero-order valence-corrected chi connectivity index (χ0v) is 9.82. The van der Waals surface area contributed by atoms with E-state index < -0.39 is 0 Å². The SMILES string of the molecule is CCC(C(C)=O)c1cc(C(C)C)ncn1. The van der Waals surface area contributed by atoms with E-state index in [0.717, 1.165) is 17.8 Å². The van der Waals surface area contributed by atoms with Gasteiger partial charge in [-0.25, -0.2) is 9.97 Å². The summed E-state index contributed by atoms with van der Waals surface area (Å²) in [4.78, 5) is 19.8. The number of rotatable bonds is 4. The molecule has 3 heteroatoms. The highest BCUT2D eigenvalue weighted by atomic mass is 16.1. The summed E-state index contributed by atoms with van der Waals surface area (Å²) in [6.07, 6.45) is 2.35. The minimum absolute atomic E-state index is 0.0782. The van der Waals surface area contributed by atoms with Gasteiger partial charge in [0, 0.05) is 5.69 Å². The molecule has 0 aliphatic carbocycles. The quantitative estimate of drug-likeness (QED) is 0.760. The number of aromatic nitrogens is 2. The van der Waals surface area contributed by atoms with Crippen LogP contribution in [0.3, 0.4) is 0 Å². The molecule has 0 saturated heterocycles. The maximum atomic E-state index is 11.4. The molecule has 1 aromatic heterocycles. The number of hydrogen-bond donors (Lipinski definition) is 0. The third kappa shape index (κ3) is 2.85. The fourth-order valence-electron chi connectivity index (χ4n) is 1.60. The predicted molar refractivity (Wildman–Crippen MR) is 59.8 cm³/mol. The lowest BCUT2D eigenvalue weighted by molar-refractivity contribution is -0.118. The van der Waals surface area contributed by atoms with Crippen LogP contribution in [0.5, 0.6) is 0 Å². The second-order valence-corrected chi connectivity index (χ2v) is 4.09. The molecule has 82 valence electrons. The number of ketones is 1. The Morgan fingerprint density at radius 2 is 1.93 bits per heavy atom. The molecule has 0 radical (unpaired) electrons. The Hall–Kier alpha value is -1.25. The van der Waals surface area contributed by atoms with Gasteiger partial charge in [0.2, 0.25) is 0 Å². The summed E-state index contributed by atoms with van der Waals surface area (Å²) in [6, 6.07) is 1.94. The van der Waals surface area contributed by atoms with Crippen molar-refractivity contribution in [3.05, 3.63) is 23.8 Å². The molecule has 0 saturated carbocycles. The van der Waals surface area contributed by atoms with E-state index in [1.54, 1.807) is 13.3 Å². The number of carbonyl (C=O) groups is 1. The van der Waals surface area contributed by atoms with Gasteiger partial charge in [0.05, 0.1) is 11.6 Å². The zero-order valence-electron chi connectivity index (χ0n) is 9.82. The highest BCUT2D eigenvalue weighted by Crippen LogP contribution is 2.20. The van der Waals surface area contributed by atoms with Crippen LogP contribution in [-0.4, -0.2) is 15.8 Å². The summed E-state index contributed by atoms with van der Waals surface area (Å²) in [6.45, 7) is 7.79. The average Bonchev–Trinajstić information content (AvgIpc) is 2.18. The van der Waals surface area contributed by atoms with Crippen LogP contribution in [0.15, 0.2) is 12.4 Å². The Bertz CT molecular complexity index is 347. The van der Waals surface area contributed by atoms with E-state index in [-0.39, 0.29) is 11.7 Å². The third-order valence-corrected chi connectivity index (χ3v) is 2.56. The molecular weight excluding hydrogens is 188 g/mol. The number of nitrogens with zero attached hydrogens (tertiary/aromatic N) is 2. The summed E-state index contributed by atoms with van der Waals surface area (Å²) in [7, 11) is 0. The fraction of sp³-hybridized carbons (Fsp3) is 0.583. The molecule has 0 fully saturated rings. The summed E-state index contributed by atoms with van der Waals surface area (Å²) < 4.78 is 0. The second kappa shape index (κ2) is 5.01. The van der Waals surface area contributed by atoms with E-state index in [4.69, 9.17) is 0 Å². The first-order valence-corrected chi connectivity index (χ1v) is 5.38. The van der Waals surface area contributed by atoms with E-state index in [1.165, 1.54) is 0 Å². The van der Waals surface area contributed by atoms with Crippen LogP contribution >= 0.6 is 0 Å². The topological polar surface area (TPSA) is 42.9 Å². The van der Waals surface area contributed by atoms with Gasteiger partial charge in [-0.05, 0) is 25.3 Å². The Balaban J connectivity index is 3.03. The Morgan fingerprint density at radius 3 is 2.40 bits per heavy atom. The highest BCUT2D eigenvalue weighted by molar-refractivity contribution is 5.82. The number of hydrogen-bond acceptors (Lipinski definition) is 3. The largest absolute Gasteiger partial charge is 0.299 e. The summed E-state index contributed by atoms with van der Waals surface area (Å²) in [5.41, 5.74) is 1.85. The highest BCUT2D eigenvalue weighted by Gasteiger charge is 2.16. The summed E-state index contributed by atoms with van der Waals surface area (Å²) >= 11 is 0. The molecule has 0 bridgehead atoms. The van der Waals surface area contributed by atoms with E-state index in [1.807, 2.05) is 13.0 Å². The normalized spacial score (nSPS) is 12.9. The molecule has 1 heterocycles. The van der Waals surface area contributed by atoms with Crippen molar-refractivity contribution in [1.29, 1.82) is 0 Å². The lowest BCUT2D eigenvalue weighted by Crippen LogP contribution is -2.10. The van der Waals surface area contributed by atoms with Crippen LogP contribution in [-0.2, 0) is 4.79 Å². The molecule has 0 spiro atoms. The van der Waals surface area contributed by atoms with Crippen molar-refractivity contribution in [1.82, 2.24) is 9.97 Å². The van der Waals surface area contributed by atoms with Crippen molar-refractivity contribution in [2.45, 2.75) is 46.0 Å². The van der Waals surface area contributed by atoms with Gasteiger partial charge in [-0.1, -0.05) is 20.8 Å². The van der Waals surface area contributed by atoms with Crippen LogP contribution in [0.2, 0.25) is 0 Å². The van der Waals surface area contributed by atoms with Gasteiger partial charge in [-0.3, -0.25) is 4.79 Å². The van der Waals surface area contributed by atoms with Crippen molar-refractivity contribution in [3.63, 3.8) is 0 Å². The number of carbonyl (C=O) groups excluding carboxylic acids is 1. The third-order valence-electron chi connectivity index (χ3n) is 2.56. The van der Waals surface area contributed by atoms with Crippen molar-refractivity contribution in [3.8, 4) is 0 Å². The van der Waals surface area contributed by atoms with Crippen molar-refractivity contribution >= 4 is 5.78 Å². The van der Waals surface area contributed by atoms with Crippen LogP contribution in [0, 0.1) is 0 Å². The van der Waals surface area contributed by atoms with Gasteiger partial charge in [0.25, 0.3) is 0 Å². The average molecular weight is 206 g/mol. The first-order chi connectivity index (χ1) is 7.06. The first kappa shape index (κ1) is 11.8. The minimum atomic E-state index is -0.0782. The predicted octanol–water partition coefficient (Wildman–Crippen LogP) is 2.68. The monoisotopic (exact) mass is 206 g/mol. The van der Waals surface area contributed by atoms with Gasteiger partial charge < -0.3 is 0 Å². The van der Waals surface area contributed by atoms with Gasteiger partial charge in [0.1, 0.15) is 12.1 Å². The van der Waals surface area contributed by atoms with Crippen molar-refractivity contribution in [2.75, 3.05) is 0 Å². The summed E-state index contributed by atoms with van der Waals surface area (Å²) in [5, 5.41) is 0. The first-order valence-electron chi connectivity index (χ1n) is 5.38. The maximum absolute atomic E-state index is 11.4. The van der Waals surface area contributed by atoms with Crippen molar-refractivity contribution in [2.24, 2.45) is 0 Å². The van der Waals surface area contributed by atoms with E-state index >= 15 is 0 Å². The van der Waals surface area contributed by atoms with Crippen LogP contribution in [0.1, 0.15) is 57.3 Å². The molecule has 15 heavy (non-hydrogen) atoms. The standard InChI is InChI=1S/C12H18N2O/c1-5-10(9(4)15)12-6-11(8(2)3)13-7-14-12/h6-8,10H,5H2,1-4H3. The van der Waals surface area contributed by atoms with Gasteiger partial charge in [-0.15, -0.1) is 0 Å². The molecule has 1 unspecified atom stereocenters. The molecular formula is C12H18N2O. The molecule has 0 aromatic carbocycles. The second-order valence-electron chi connectivity index (χ2n) is 4.09. The van der Waals surface area contributed by atoms with Crippen LogP contribution < -0.4 is 0 Å². The number of Topliss-reactive ketones (excluding diaryl/α,β-unsaturated/α-hetero) is 1. The fourth-order valence-corrected chi connectivity index (χ4v) is 1.60. The summed E-state index contributed by atoms with van der Waals surface area (Å²) in [5.74, 6) is 0.465. The van der Waals surface area contributed by atoms with E-state index in [9.17, 15) is 4.79 Å². The Kier molecular flexibility index (Phi) is 3.95. The van der Waals surface area contributed by atoms with E-state index in [2.05, 4.69) is 23.8 Å². The molecule has 0 N–H and O–H groups in total. The van der Waals surface area contributed by atoms with Gasteiger partial charge in [-0.2, -0.15) is 0 Å². The molecule has 1 rings (SSSR count). The lowest BCUT2D eigenvalue weighted by Gasteiger charge is -2.12. The molecule has 3 nitrogen and oxygen atoms in total. The minimum Gasteiger partial charge on any atom is -0.299 e. The van der Waals surface area contributed by atoms with E-state index in [0.29, 0.717) is 5.92 Å². The molecule has 0 aliphatic rings. The van der Waals surface area contributed by atoms with Crippen molar-refractivity contribution < 1.29 is 4.79 Å². The molecule has 1 aromatic rings. The van der Waals surface area contributed by atoms with Crippen LogP contribution in [0.4, 0.5) is 0 Å². The van der Waals surface area contributed by atoms with Crippen LogP contribution in [0.25, 0.3) is 0 Å². The Labute approximate surface area is 91.0 Å². The smallest absolute Gasteiger partial charge is 0.138 e. The molecule has 0 aliphatic heterocycles. The maximum Gasteiger partial charge on any atom is 0.138 e. The zero-order chi connectivity index (χ0) is 11.4. The van der Waals surface area contributed by atoms with Gasteiger partial charge in [0.15, 0.2) is 0 Å². The lowest BCUT2D eigenvalue weighted by atomic mass is 9.96. The Morgan fingerprint density at radius 1 is 1.33 bits per heavy atom. The molecule has 1 atom stereocenters. The molecule has 0 amide bonds.